The summed E-state index contributed by atoms with van der Waals surface area (Å²) in [5.74, 6) is 0.386. The Kier molecular flexibility index (Phi) is 3.49. The molecule has 1 fully saturated rings. The Hall–Kier alpha value is -1.44. The van der Waals surface area contributed by atoms with E-state index in [0.717, 1.165) is 23.9 Å². The van der Waals surface area contributed by atoms with Crippen molar-refractivity contribution in [2.75, 3.05) is 13.1 Å². The van der Waals surface area contributed by atoms with Gasteiger partial charge in [-0.3, -0.25) is 0 Å². The molecule has 2 heterocycles. The third-order valence-corrected chi connectivity index (χ3v) is 5.03. The van der Waals surface area contributed by atoms with E-state index >= 15 is 0 Å². The van der Waals surface area contributed by atoms with Gasteiger partial charge in [0, 0.05) is 13.1 Å². The van der Waals surface area contributed by atoms with Crippen LogP contribution in [0.25, 0.3) is 11.1 Å². The number of nitrogens with one attached hydrogen (secondary N) is 1. The summed E-state index contributed by atoms with van der Waals surface area (Å²) < 4.78 is 33.6. The largest absolute Gasteiger partial charge is 0.439 e. The smallest absolute Gasteiger partial charge is 0.279 e. The van der Waals surface area contributed by atoms with E-state index in [1.54, 1.807) is 0 Å². The van der Waals surface area contributed by atoms with Gasteiger partial charge in [-0.25, -0.2) is 4.98 Å². The van der Waals surface area contributed by atoms with Crippen molar-refractivity contribution < 1.29 is 12.8 Å². The minimum Gasteiger partial charge on any atom is -0.439 e. The van der Waals surface area contributed by atoms with E-state index in [4.69, 9.17) is 4.42 Å². The molecule has 1 aromatic carbocycles. The highest BCUT2D eigenvalue weighted by Crippen LogP contribution is 2.19. The predicted molar refractivity (Wildman–Crippen MR) is 75.3 cm³/mol. The molecule has 1 saturated heterocycles. The van der Waals surface area contributed by atoms with E-state index in [1.165, 1.54) is 4.31 Å². The number of aromatic nitrogens is 1. The zero-order valence-electron chi connectivity index (χ0n) is 11.3. The van der Waals surface area contributed by atoms with Gasteiger partial charge in [0.1, 0.15) is 5.52 Å². The highest BCUT2D eigenvalue weighted by molar-refractivity contribution is 7.87. The molecule has 20 heavy (non-hydrogen) atoms. The topological polar surface area (TPSA) is 75.4 Å². The molecular weight excluding hydrogens is 278 g/mol. The standard InChI is InChI=1S/C13H17N3O3S/c1-10-5-4-6-11-13(10)15-12(19-11)9-14-20(17,18)16-7-2-3-8-16/h4-6,14H,2-3,7-9H2,1H3. The minimum absolute atomic E-state index is 0.0763. The third kappa shape index (κ3) is 2.56. The monoisotopic (exact) mass is 295 g/mol. The molecule has 2 aromatic rings. The second-order valence-electron chi connectivity index (χ2n) is 4.96. The second-order valence-corrected chi connectivity index (χ2v) is 6.72. The van der Waals surface area contributed by atoms with Gasteiger partial charge in [-0.05, 0) is 31.4 Å². The van der Waals surface area contributed by atoms with Crippen LogP contribution in [0.1, 0.15) is 24.3 Å². The van der Waals surface area contributed by atoms with Crippen LogP contribution < -0.4 is 4.72 Å². The molecule has 0 radical (unpaired) electrons. The summed E-state index contributed by atoms with van der Waals surface area (Å²) >= 11 is 0. The Morgan fingerprint density at radius 2 is 2.10 bits per heavy atom. The zero-order valence-corrected chi connectivity index (χ0v) is 12.1. The average molecular weight is 295 g/mol. The van der Waals surface area contributed by atoms with Crippen molar-refractivity contribution in [3.8, 4) is 0 Å². The Morgan fingerprint density at radius 3 is 2.80 bits per heavy atom. The molecule has 7 heteroatoms. The summed E-state index contributed by atoms with van der Waals surface area (Å²) in [6.45, 7) is 3.19. The second kappa shape index (κ2) is 5.16. The van der Waals surface area contributed by atoms with E-state index in [-0.39, 0.29) is 6.54 Å². The molecule has 108 valence electrons. The highest BCUT2D eigenvalue weighted by Gasteiger charge is 2.25. The normalized spacial score (nSPS) is 17.1. The van der Waals surface area contributed by atoms with Gasteiger partial charge in [-0.15, -0.1) is 0 Å². The van der Waals surface area contributed by atoms with E-state index in [2.05, 4.69) is 9.71 Å². The van der Waals surface area contributed by atoms with Crippen LogP contribution in [-0.2, 0) is 16.8 Å². The first-order valence-electron chi connectivity index (χ1n) is 6.66. The van der Waals surface area contributed by atoms with Crippen LogP contribution in [0.15, 0.2) is 22.6 Å². The molecule has 0 bridgehead atoms. The van der Waals surface area contributed by atoms with Crippen LogP contribution in [0.3, 0.4) is 0 Å². The summed E-state index contributed by atoms with van der Waals surface area (Å²) in [5.41, 5.74) is 2.48. The molecule has 6 nitrogen and oxygen atoms in total. The fraction of sp³-hybridized carbons (Fsp3) is 0.462. The number of hydrogen-bond acceptors (Lipinski definition) is 4. The Bertz CT molecular complexity index is 718. The van der Waals surface area contributed by atoms with E-state index in [1.807, 2.05) is 25.1 Å². The quantitative estimate of drug-likeness (QED) is 0.929. The van der Waals surface area contributed by atoms with Crippen LogP contribution >= 0.6 is 0 Å². The maximum atomic E-state index is 12.0. The van der Waals surface area contributed by atoms with Crippen molar-refractivity contribution in [2.24, 2.45) is 0 Å². The molecule has 0 unspecified atom stereocenters. The van der Waals surface area contributed by atoms with Crippen molar-refractivity contribution in [1.82, 2.24) is 14.0 Å². The minimum atomic E-state index is -3.42. The maximum absolute atomic E-state index is 12.0. The summed E-state index contributed by atoms with van der Waals surface area (Å²) in [4.78, 5) is 4.33. The molecule has 0 aliphatic carbocycles. The van der Waals surface area contributed by atoms with Crippen LogP contribution in [-0.4, -0.2) is 30.8 Å². The molecule has 0 saturated carbocycles. The van der Waals surface area contributed by atoms with Gasteiger partial charge >= 0.3 is 0 Å². The molecule has 0 spiro atoms. The van der Waals surface area contributed by atoms with Gasteiger partial charge in [0.15, 0.2) is 5.58 Å². The Labute approximate surface area is 118 Å². The summed E-state index contributed by atoms with van der Waals surface area (Å²) in [6.07, 6.45) is 1.84. The Balaban J connectivity index is 1.75. The fourth-order valence-corrected chi connectivity index (χ4v) is 3.61. The Morgan fingerprint density at radius 1 is 1.35 bits per heavy atom. The van der Waals surface area contributed by atoms with Gasteiger partial charge in [-0.1, -0.05) is 12.1 Å². The van der Waals surface area contributed by atoms with Crippen LogP contribution in [0.2, 0.25) is 0 Å². The number of oxazole rings is 1. The molecule has 0 amide bonds. The van der Waals surface area contributed by atoms with Gasteiger partial charge in [0.05, 0.1) is 6.54 Å². The first-order valence-corrected chi connectivity index (χ1v) is 8.10. The molecule has 1 aliphatic heterocycles. The SMILES string of the molecule is Cc1cccc2oc(CNS(=O)(=O)N3CCCC3)nc12. The summed E-state index contributed by atoms with van der Waals surface area (Å²) in [6, 6.07) is 5.66. The van der Waals surface area contributed by atoms with Crippen molar-refractivity contribution in [3.05, 3.63) is 29.7 Å². The lowest BCUT2D eigenvalue weighted by molar-refractivity contribution is 0.454. The van der Waals surface area contributed by atoms with E-state index < -0.39 is 10.2 Å². The number of aryl methyl sites for hydroxylation is 1. The number of para-hydroxylation sites is 1. The molecule has 1 N–H and O–H groups in total. The molecule has 1 aliphatic rings. The van der Waals surface area contributed by atoms with Gasteiger partial charge in [0.2, 0.25) is 5.89 Å². The number of hydrogen-bond donors (Lipinski definition) is 1. The first-order chi connectivity index (χ1) is 9.56. The van der Waals surface area contributed by atoms with Gasteiger partial charge in [0.25, 0.3) is 10.2 Å². The van der Waals surface area contributed by atoms with Crippen LogP contribution in [0.4, 0.5) is 0 Å². The molecule has 1 aromatic heterocycles. The number of fused-ring (bicyclic) bond motifs is 1. The van der Waals surface area contributed by atoms with Crippen molar-refractivity contribution in [2.45, 2.75) is 26.3 Å². The zero-order chi connectivity index (χ0) is 14.2. The molecule has 3 rings (SSSR count). The summed E-state index contributed by atoms with van der Waals surface area (Å²) in [7, 11) is -3.42. The van der Waals surface area contributed by atoms with Gasteiger partial charge in [-0.2, -0.15) is 17.4 Å². The van der Waals surface area contributed by atoms with E-state index in [9.17, 15) is 8.42 Å². The first kappa shape index (κ1) is 13.5. The lowest BCUT2D eigenvalue weighted by Gasteiger charge is -2.14. The fourth-order valence-electron chi connectivity index (χ4n) is 2.38. The lowest BCUT2D eigenvalue weighted by Crippen LogP contribution is -2.38. The van der Waals surface area contributed by atoms with Crippen LogP contribution in [0.5, 0.6) is 0 Å². The average Bonchev–Trinajstić information content (AvgIpc) is 3.06. The van der Waals surface area contributed by atoms with Crippen LogP contribution in [0, 0.1) is 6.92 Å². The van der Waals surface area contributed by atoms with E-state index in [0.29, 0.717) is 24.6 Å². The third-order valence-electron chi connectivity index (χ3n) is 3.48. The summed E-state index contributed by atoms with van der Waals surface area (Å²) in [5, 5.41) is 0. The van der Waals surface area contributed by atoms with Crippen molar-refractivity contribution >= 4 is 21.3 Å². The lowest BCUT2D eigenvalue weighted by atomic mass is 10.2. The maximum Gasteiger partial charge on any atom is 0.279 e. The number of rotatable bonds is 4. The predicted octanol–water partition coefficient (Wildman–Crippen LogP) is 1.57. The molecular formula is C13H17N3O3S. The number of nitrogens with zero attached hydrogens (tertiary/aromatic N) is 2. The van der Waals surface area contributed by atoms with Crippen molar-refractivity contribution in [1.29, 1.82) is 0 Å². The van der Waals surface area contributed by atoms with Gasteiger partial charge < -0.3 is 4.42 Å². The molecule has 0 atom stereocenters. The number of benzene rings is 1. The van der Waals surface area contributed by atoms with Crippen molar-refractivity contribution in [3.63, 3.8) is 0 Å². The highest BCUT2D eigenvalue weighted by atomic mass is 32.2.